The summed E-state index contributed by atoms with van der Waals surface area (Å²) in [4.78, 5) is 14.5. The first-order chi connectivity index (χ1) is 9.78. The van der Waals surface area contributed by atoms with Crippen molar-refractivity contribution >= 4 is 6.03 Å². The highest BCUT2D eigenvalue weighted by molar-refractivity contribution is 5.75. The Morgan fingerprint density at radius 2 is 2.05 bits per heavy atom. The molecule has 0 spiro atoms. The third-order valence-electron chi connectivity index (χ3n) is 4.85. The molecular formula is C17H24N2O. The first-order valence-electron chi connectivity index (χ1n) is 7.89. The van der Waals surface area contributed by atoms with Gasteiger partial charge >= 0.3 is 6.03 Å². The van der Waals surface area contributed by atoms with E-state index < -0.39 is 0 Å². The fraction of sp³-hybridized carbons (Fsp3) is 0.588. The third kappa shape index (κ3) is 2.67. The van der Waals surface area contributed by atoms with Crippen molar-refractivity contribution in [3.63, 3.8) is 0 Å². The quantitative estimate of drug-likeness (QED) is 0.899. The van der Waals surface area contributed by atoms with E-state index in [9.17, 15) is 4.79 Å². The van der Waals surface area contributed by atoms with Crippen molar-refractivity contribution in [1.82, 2.24) is 10.2 Å². The van der Waals surface area contributed by atoms with Crippen LogP contribution in [0.3, 0.4) is 0 Å². The van der Waals surface area contributed by atoms with Crippen LogP contribution >= 0.6 is 0 Å². The Labute approximate surface area is 121 Å². The van der Waals surface area contributed by atoms with Crippen molar-refractivity contribution in [2.45, 2.75) is 51.6 Å². The summed E-state index contributed by atoms with van der Waals surface area (Å²) in [7, 11) is 0. The van der Waals surface area contributed by atoms with Crippen molar-refractivity contribution in [3.8, 4) is 0 Å². The summed E-state index contributed by atoms with van der Waals surface area (Å²) in [5.41, 5.74) is 2.71. The van der Waals surface area contributed by atoms with Crippen LogP contribution in [-0.4, -0.2) is 23.5 Å². The summed E-state index contributed by atoms with van der Waals surface area (Å²) in [6, 6.07) is 8.96. The van der Waals surface area contributed by atoms with Gasteiger partial charge in [0.05, 0.1) is 0 Å². The van der Waals surface area contributed by atoms with Crippen LogP contribution in [-0.2, 0) is 13.0 Å². The molecule has 1 heterocycles. The molecule has 2 aliphatic rings. The van der Waals surface area contributed by atoms with Crippen molar-refractivity contribution in [1.29, 1.82) is 0 Å². The second kappa shape index (κ2) is 5.86. The largest absolute Gasteiger partial charge is 0.338 e. The summed E-state index contributed by atoms with van der Waals surface area (Å²) in [5, 5.41) is 3.14. The summed E-state index contributed by atoms with van der Waals surface area (Å²) >= 11 is 0. The average molecular weight is 272 g/mol. The molecule has 3 rings (SSSR count). The average Bonchev–Trinajstić information content (AvgIpc) is 2.44. The predicted molar refractivity (Wildman–Crippen MR) is 80.5 cm³/mol. The highest BCUT2D eigenvalue weighted by Gasteiger charge is 2.29. The molecule has 0 bridgehead atoms. The van der Waals surface area contributed by atoms with E-state index in [1.165, 1.54) is 30.4 Å². The van der Waals surface area contributed by atoms with Crippen LogP contribution in [0.25, 0.3) is 0 Å². The number of hydrogen-bond acceptors (Lipinski definition) is 1. The van der Waals surface area contributed by atoms with E-state index in [0.29, 0.717) is 6.04 Å². The first kappa shape index (κ1) is 13.5. The highest BCUT2D eigenvalue weighted by Crippen LogP contribution is 2.27. The van der Waals surface area contributed by atoms with Crippen LogP contribution in [0.15, 0.2) is 24.3 Å². The minimum absolute atomic E-state index is 0.123. The molecule has 0 aromatic heterocycles. The maximum Gasteiger partial charge on any atom is 0.317 e. The zero-order chi connectivity index (χ0) is 13.9. The van der Waals surface area contributed by atoms with Crippen LogP contribution in [0, 0.1) is 5.92 Å². The molecule has 20 heavy (non-hydrogen) atoms. The second-order valence-corrected chi connectivity index (χ2v) is 6.15. The molecule has 1 aliphatic heterocycles. The molecule has 0 saturated heterocycles. The van der Waals surface area contributed by atoms with Crippen LogP contribution in [0.1, 0.15) is 43.7 Å². The molecule has 1 saturated carbocycles. The van der Waals surface area contributed by atoms with Crippen molar-refractivity contribution in [2.75, 3.05) is 6.54 Å². The molecule has 1 atom stereocenters. The molecule has 1 aliphatic carbocycles. The van der Waals surface area contributed by atoms with Crippen LogP contribution in [0.4, 0.5) is 4.79 Å². The normalized spacial score (nSPS) is 22.1. The van der Waals surface area contributed by atoms with Gasteiger partial charge in [-0.05, 0) is 42.7 Å². The second-order valence-electron chi connectivity index (χ2n) is 6.15. The SMILES string of the molecule is CCC1Cc2ccccc2CN1C(=O)NCC1CCC1. The van der Waals surface area contributed by atoms with Crippen molar-refractivity contribution in [3.05, 3.63) is 35.4 Å². The molecule has 1 aromatic rings. The number of fused-ring (bicyclic) bond motifs is 1. The molecule has 1 unspecified atom stereocenters. The lowest BCUT2D eigenvalue weighted by molar-refractivity contribution is 0.156. The number of hydrogen-bond donors (Lipinski definition) is 1. The van der Waals surface area contributed by atoms with E-state index in [1.54, 1.807) is 0 Å². The van der Waals surface area contributed by atoms with E-state index in [0.717, 1.165) is 31.8 Å². The number of urea groups is 1. The highest BCUT2D eigenvalue weighted by atomic mass is 16.2. The Morgan fingerprint density at radius 3 is 2.70 bits per heavy atom. The monoisotopic (exact) mass is 272 g/mol. The van der Waals surface area contributed by atoms with Gasteiger partial charge < -0.3 is 10.2 Å². The minimum Gasteiger partial charge on any atom is -0.338 e. The number of rotatable bonds is 3. The van der Waals surface area contributed by atoms with Crippen molar-refractivity contribution < 1.29 is 4.79 Å². The molecule has 1 aromatic carbocycles. The van der Waals surface area contributed by atoms with Gasteiger partial charge in [0.2, 0.25) is 0 Å². The number of carbonyl (C=O) groups is 1. The van der Waals surface area contributed by atoms with Gasteiger partial charge in [0.15, 0.2) is 0 Å². The third-order valence-corrected chi connectivity index (χ3v) is 4.85. The lowest BCUT2D eigenvalue weighted by atomic mass is 9.85. The summed E-state index contributed by atoms with van der Waals surface area (Å²) < 4.78 is 0. The lowest BCUT2D eigenvalue weighted by Gasteiger charge is -2.37. The number of amides is 2. The van der Waals surface area contributed by atoms with E-state index >= 15 is 0 Å². The van der Waals surface area contributed by atoms with E-state index in [-0.39, 0.29) is 6.03 Å². The summed E-state index contributed by atoms with van der Waals surface area (Å²) in [5.74, 6) is 0.719. The van der Waals surface area contributed by atoms with Gasteiger partial charge in [0.25, 0.3) is 0 Å². The molecule has 0 radical (unpaired) electrons. The Balaban J connectivity index is 1.66. The molecule has 1 fully saturated rings. The van der Waals surface area contributed by atoms with Gasteiger partial charge in [0.1, 0.15) is 0 Å². The molecule has 3 heteroatoms. The van der Waals surface area contributed by atoms with E-state index in [2.05, 4.69) is 36.5 Å². The van der Waals surface area contributed by atoms with Crippen LogP contribution in [0.5, 0.6) is 0 Å². The fourth-order valence-corrected chi connectivity index (χ4v) is 3.22. The Hall–Kier alpha value is -1.51. The van der Waals surface area contributed by atoms with Crippen LogP contribution < -0.4 is 5.32 Å². The lowest BCUT2D eigenvalue weighted by Crippen LogP contribution is -2.49. The van der Waals surface area contributed by atoms with Crippen LogP contribution in [0.2, 0.25) is 0 Å². The zero-order valence-electron chi connectivity index (χ0n) is 12.3. The van der Waals surface area contributed by atoms with E-state index in [1.807, 2.05) is 4.90 Å². The number of nitrogens with zero attached hydrogens (tertiary/aromatic N) is 1. The smallest absolute Gasteiger partial charge is 0.317 e. The number of benzene rings is 1. The first-order valence-corrected chi connectivity index (χ1v) is 7.89. The van der Waals surface area contributed by atoms with Gasteiger partial charge in [0, 0.05) is 19.1 Å². The number of nitrogens with one attached hydrogen (secondary N) is 1. The summed E-state index contributed by atoms with van der Waals surface area (Å²) in [6.07, 6.45) is 5.89. The summed E-state index contributed by atoms with van der Waals surface area (Å²) in [6.45, 7) is 3.78. The number of carbonyl (C=O) groups excluding carboxylic acids is 1. The molecular weight excluding hydrogens is 248 g/mol. The van der Waals surface area contributed by atoms with Gasteiger partial charge in [-0.3, -0.25) is 0 Å². The van der Waals surface area contributed by atoms with Gasteiger partial charge in [-0.15, -0.1) is 0 Å². The Kier molecular flexibility index (Phi) is 3.95. The molecule has 1 N–H and O–H groups in total. The maximum absolute atomic E-state index is 12.4. The molecule has 108 valence electrons. The fourth-order valence-electron chi connectivity index (χ4n) is 3.22. The Morgan fingerprint density at radius 1 is 1.30 bits per heavy atom. The van der Waals surface area contributed by atoms with Gasteiger partial charge in [-0.1, -0.05) is 37.6 Å². The standard InChI is InChI=1S/C17H24N2O/c1-2-16-10-14-8-3-4-9-15(14)12-19(16)17(20)18-11-13-6-5-7-13/h3-4,8-9,13,16H,2,5-7,10-12H2,1H3,(H,18,20). The maximum atomic E-state index is 12.4. The molecule has 3 nitrogen and oxygen atoms in total. The van der Waals surface area contributed by atoms with Crippen molar-refractivity contribution in [2.24, 2.45) is 5.92 Å². The van der Waals surface area contributed by atoms with Gasteiger partial charge in [-0.2, -0.15) is 0 Å². The molecule has 2 amide bonds. The van der Waals surface area contributed by atoms with Gasteiger partial charge in [-0.25, -0.2) is 4.79 Å². The zero-order valence-corrected chi connectivity index (χ0v) is 12.3. The Bertz CT molecular complexity index is 482. The van der Waals surface area contributed by atoms with E-state index in [4.69, 9.17) is 0 Å². The topological polar surface area (TPSA) is 32.3 Å². The predicted octanol–water partition coefficient (Wildman–Crippen LogP) is 3.33. The minimum atomic E-state index is 0.123.